The van der Waals surface area contributed by atoms with E-state index in [4.69, 9.17) is 0 Å². The molecule has 7 heteroatoms. The number of nitrogens with zero attached hydrogens (tertiary/aromatic N) is 5. The molecule has 0 atom stereocenters. The molecule has 25 heavy (non-hydrogen) atoms. The van der Waals surface area contributed by atoms with Gasteiger partial charge >= 0.3 is 0 Å². The van der Waals surface area contributed by atoms with E-state index in [0.717, 1.165) is 18.2 Å². The fraction of sp³-hybridized carbons (Fsp3) is 0.389. The van der Waals surface area contributed by atoms with E-state index < -0.39 is 0 Å². The maximum absolute atomic E-state index is 12.5. The van der Waals surface area contributed by atoms with Crippen LogP contribution in [-0.2, 0) is 18.4 Å². The Bertz CT molecular complexity index is 781. The largest absolute Gasteiger partial charge is 0.352 e. The first kappa shape index (κ1) is 17.0. The summed E-state index contributed by atoms with van der Waals surface area (Å²) in [6, 6.07) is 8.35. The minimum Gasteiger partial charge on any atom is -0.352 e. The van der Waals surface area contributed by atoms with Crippen LogP contribution in [0.1, 0.15) is 11.1 Å². The molecule has 0 unspecified atom stereocenters. The lowest BCUT2D eigenvalue weighted by molar-refractivity contribution is -0.120. The first-order chi connectivity index (χ1) is 12.1. The number of anilines is 1. The smallest absolute Gasteiger partial charge is 0.246 e. The van der Waals surface area contributed by atoms with E-state index in [1.54, 1.807) is 22.8 Å². The molecule has 2 aromatic rings. The summed E-state index contributed by atoms with van der Waals surface area (Å²) in [4.78, 5) is 20.6. The Morgan fingerprint density at radius 2 is 2.20 bits per heavy atom. The zero-order valence-corrected chi connectivity index (χ0v) is 14.9. The number of benzene rings is 1. The average Bonchev–Trinajstić information content (AvgIpc) is 3.02. The highest BCUT2D eigenvalue weighted by molar-refractivity contribution is 5.98. The molecule has 132 valence electrons. The molecule has 1 aliphatic rings. The summed E-state index contributed by atoms with van der Waals surface area (Å²) in [5.41, 5.74) is 3.27. The molecule has 1 amide bonds. The molecular formula is C18H24N6O. The van der Waals surface area contributed by atoms with E-state index in [-0.39, 0.29) is 5.91 Å². The molecule has 1 N–H and O–H groups in total. The van der Waals surface area contributed by atoms with E-state index >= 15 is 0 Å². The molecular weight excluding hydrogens is 316 g/mol. The Labute approximate surface area is 148 Å². The number of hydrogen-bond donors (Lipinski definition) is 1. The number of nitrogens with one attached hydrogen (secondary N) is 1. The summed E-state index contributed by atoms with van der Waals surface area (Å²) < 4.78 is 1.71. The maximum Gasteiger partial charge on any atom is 0.246 e. The normalized spacial score (nSPS) is 15.6. The molecule has 0 spiro atoms. The van der Waals surface area contributed by atoms with Crippen molar-refractivity contribution in [2.24, 2.45) is 12.0 Å². The van der Waals surface area contributed by atoms with E-state index in [0.29, 0.717) is 19.6 Å². The second-order valence-corrected chi connectivity index (χ2v) is 6.23. The van der Waals surface area contributed by atoms with Gasteiger partial charge in [-0.25, -0.2) is 0 Å². The Morgan fingerprint density at radius 3 is 2.84 bits per heavy atom. The fourth-order valence-corrected chi connectivity index (χ4v) is 3.01. The van der Waals surface area contributed by atoms with Gasteiger partial charge in [-0.1, -0.05) is 29.8 Å². The van der Waals surface area contributed by atoms with Crippen molar-refractivity contribution in [2.75, 3.05) is 31.6 Å². The minimum atomic E-state index is 0.0535. The molecule has 1 aliphatic heterocycles. The second kappa shape index (κ2) is 7.38. The molecule has 1 saturated heterocycles. The Morgan fingerprint density at radius 1 is 1.36 bits per heavy atom. The number of hydrogen-bond acceptors (Lipinski definition) is 3. The van der Waals surface area contributed by atoms with E-state index in [2.05, 4.69) is 40.5 Å². The number of amides is 1. The van der Waals surface area contributed by atoms with Crippen LogP contribution in [0.4, 0.5) is 5.69 Å². The van der Waals surface area contributed by atoms with Crippen molar-refractivity contribution >= 4 is 17.6 Å². The molecule has 1 fully saturated rings. The van der Waals surface area contributed by atoms with Crippen molar-refractivity contribution < 1.29 is 4.79 Å². The summed E-state index contributed by atoms with van der Waals surface area (Å²) >= 11 is 0. The van der Waals surface area contributed by atoms with Crippen LogP contribution in [0.25, 0.3) is 0 Å². The Kier molecular flexibility index (Phi) is 5.02. The molecule has 1 aromatic carbocycles. The van der Waals surface area contributed by atoms with Gasteiger partial charge in [0.15, 0.2) is 5.96 Å². The zero-order valence-electron chi connectivity index (χ0n) is 14.9. The van der Waals surface area contributed by atoms with Crippen molar-refractivity contribution in [1.29, 1.82) is 0 Å². The average molecular weight is 340 g/mol. The number of aromatic nitrogens is 2. The SMILES string of the molecule is CN=C(NCc1cccc(C)c1)N1CCN(c2cnn(C)c2)C(=O)C1. The number of piperazine rings is 1. The van der Waals surface area contributed by atoms with Crippen LogP contribution < -0.4 is 10.2 Å². The van der Waals surface area contributed by atoms with E-state index in [1.165, 1.54) is 11.1 Å². The van der Waals surface area contributed by atoms with Crippen LogP contribution in [0, 0.1) is 6.92 Å². The molecule has 0 saturated carbocycles. The van der Waals surface area contributed by atoms with Gasteiger partial charge in [0, 0.05) is 39.9 Å². The van der Waals surface area contributed by atoms with Crippen LogP contribution in [0.2, 0.25) is 0 Å². The minimum absolute atomic E-state index is 0.0535. The molecule has 7 nitrogen and oxygen atoms in total. The third-order valence-corrected chi connectivity index (χ3v) is 4.27. The lowest BCUT2D eigenvalue weighted by Gasteiger charge is -2.35. The fourth-order valence-electron chi connectivity index (χ4n) is 3.01. The lowest BCUT2D eigenvalue weighted by Crippen LogP contribution is -2.55. The highest BCUT2D eigenvalue weighted by Gasteiger charge is 2.27. The number of carbonyl (C=O) groups is 1. The van der Waals surface area contributed by atoms with Gasteiger partial charge in [-0.05, 0) is 12.5 Å². The third-order valence-electron chi connectivity index (χ3n) is 4.27. The number of rotatable bonds is 3. The van der Waals surface area contributed by atoms with Gasteiger partial charge in [0.1, 0.15) is 6.54 Å². The van der Waals surface area contributed by atoms with Crippen molar-refractivity contribution in [3.63, 3.8) is 0 Å². The van der Waals surface area contributed by atoms with E-state index in [1.807, 2.05) is 24.2 Å². The second-order valence-electron chi connectivity index (χ2n) is 6.23. The van der Waals surface area contributed by atoms with Gasteiger partial charge in [0.05, 0.1) is 11.9 Å². The zero-order chi connectivity index (χ0) is 17.8. The van der Waals surface area contributed by atoms with Gasteiger partial charge < -0.3 is 15.1 Å². The predicted molar refractivity (Wildman–Crippen MR) is 98.5 cm³/mol. The topological polar surface area (TPSA) is 65.8 Å². The molecule has 1 aromatic heterocycles. The van der Waals surface area contributed by atoms with Crippen LogP contribution >= 0.6 is 0 Å². The van der Waals surface area contributed by atoms with Crippen molar-refractivity contribution in [3.05, 3.63) is 47.8 Å². The van der Waals surface area contributed by atoms with Crippen LogP contribution in [0.15, 0.2) is 41.7 Å². The van der Waals surface area contributed by atoms with Crippen molar-refractivity contribution in [2.45, 2.75) is 13.5 Å². The van der Waals surface area contributed by atoms with Gasteiger partial charge in [-0.3, -0.25) is 14.5 Å². The molecule has 3 rings (SSSR count). The molecule has 2 heterocycles. The first-order valence-corrected chi connectivity index (χ1v) is 8.37. The monoisotopic (exact) mass is 340 g/mol. The standard InChI is InChI=1S/C18H24N6O/c1-14-5-4-6-15(9-14)10-20-18(19-2)23-7-8-24(17(25)13-23)16-11-21-22(3)12-16/h4-6,9,11-12H,7-8,10,13H2,1-3H3,(H,19,20). The number of carbonyl (C=O) groups excluding carboxylic acids is 1. The van der Waals surface area contributed by atoms with Crippen LogP contribution in [-0.4, -0.2) is 53.2 Å². The number of aliphatic imine (C=N–C) groups is 1. The third kappa shape index (κ3) is 3.99. The van der Waals surface area contributed by atoms with Gasteiger partial charge in [0.2, 0.25) is 5.91 Å². The van der Waals surface area contributed by atoms with Gasteiger partial charge in [0.25, 0.3) is 0 Å². The van der Waals surface area contributed by atoms with Crippen LogP contribution in [0.3, 0.4) is 0 Å². The lowest BCUT2D eigenvalue weighted by atomic mass is 10.1. The Balaban J connectivity index is 1.60. The highest BCUT2D eigenvalue weighted by atomic mass is 16.2. The number of guanidine groups is 1. The first-order valence-electron chi connectivity index (χ1n) is 8.37. The summed E-state index contributed by atoms with van der Waals surface area (Å²) in [6.45, 7) is 4.42. The highest BCUT2D eigenvalue weighted by Crippen LogP contribution is 2.16. The quantitative estimate of drug-likeness (QED) is 0.672. The molecule has 0 aliphatic carbocycles. The van der Waals surface area contributed by atoms with Gasteiger partial charge in [-0.2, -0.15) is 5.10 Å². The van der Waals surface area contributed by atoms with Gasteiger partial charge in [-0.15, -0.1) is 0 Å². The molecule has 0 radical (unpaired) electrons. The predicted octanol–water partition coefficient (Wildman–Crippen LogP) is 1.15. The van der Waals surface area contributed by atoms with Crippen molar-refractivity contribution in [3.8, 4) is 0 Å². The van der Waals surface area contributed by atoms with Crippen molar-refractivity contribution in [1.82, 2.24) is 20.0 Å². The molecule has 0 bridgehead atoms. The summed E-state index contributed by atoms with van der Waals surface area (Å²) in [6.07, 6.45) is 3.58. The summed E-state index contributed by atoms with van der Waals surface area (Å²) in [5.74, 6) is 0.804. The number of aryl methyl sites for hydroxylation is 2. The summed E-state index contributed by atoms with van der Waals surface area (Å²) in [5, 5.41) is 7.49. The summed E-state index contributed by atoms with van der Waals surface area (Å²) in [7, 11) is 3.60. The maximum atomic E-state index is 12.5. The van der Waals surface area contributed by atoms with Crippen LogP contribution in [0.5, 0.6) is 0 Å². The Hall–Kier alpha value is -2.83. The van der Waals surface area contributed by atoms with E-state index in [9.17, 15) is 4.79 Å².